The van der Waals surface area contributed by atoms with Gasteiger partial charge in [0.1, 0.15) is 0 Å². The first-order valence-electron chi connectivity index (χ1n) is 8.14. The van der Waals surface area contributed by atoms with Crippen LogP contribution in [0.4, 0.5) is 13.2 Å². The van der Waals surface area contributed by atoms with Crippen LogP contribution in [0.5, 0.6) is 0 Å². The van der Waals surface area contributed by atoms with Gasteiger partial charge in [0.25, 0.3) is 0 Å². The van der Waals surface area contributed by atoms with Gasteiger partial charge in [-0.2, -0.15) is 13.2 Å². The van der Waals surface area contributed by atoms with Crippen molar-refractivity contribution in [2.75, 3.05) is 26.2 Å². The number of aryl methyl sites for hydroxylation is 1. The molecule has 0 aliphatic carbocycles. The summed E-state index contributed by atoms with van der Waals surface area (Å²) in [4.78, 5) is 15.7. The molecule has 0 aromatic carbocycles. The molecule has 0 bridgehead atoms. The molecule has 1 amide bonds. The van der Waals surface area contributed by atoms with Crippen LogP contribution in [0.2, 0.25) is 0 Å². The number of rotatable bonds is 3. The number of halogens is 3. The van der Waals surface area contributed by atoms with E-state index in [-0.39, 0.29) is 36.9 Å². The summed E-state index contributed by atoms with van der Waals surface area (Å²) in [7, 11) is 0. The predicted molar refractivity (Wildman–Crippen MR) is 78.2 cm³/mol. The number of amides is 1. The lowest BCUT2D eigenvalue weighted by atomic mass is 9.88. The van der Waals surface area contributed by atoms with Crippen LogP contribution in [0.15, 0.2) is 4.42 Å². The minimum atomic E-state index is -4.21. The normalized spacial score (nSPS) is 26.5. The van der Waals surface area contributed by atoms with Gasteiger partial charge in [0.15, 0.2) is 0 Å². The second kappa shape index (κ2) is 6.34. The highest BCUT2D eigenvalue weighted by atomic mass is 19.4. The molecule has 0 N–H and O–H groups in total. The monoisotopic (exact) mass is 346 g/mol. The summed E-state index contributed by atoms with van der Waals surface area (Å²) in [6.45, 7) is 3.68. The van der Waals surface area contributed by atoms with Gasteiger partial charge in [-0.15, -0.1) is 10.2 Å². The summed E-state index contributed by atoms with van der Waals surface area (Å²) in [6.07, 6.45) is -2.54. The molecule has 1 aromatic heterocycles. The van der Waals surface area contributed by atoms with Crippen molar-refractivity contribution in [1.82, 2.24) is 20.0 Å². The highest BCUT2D eigenvalue weighted by Gasteiger charge is 2.43. The van der Waals surface area contributed by atoms with Gasteiger partial charge in [0.2, 0.25) is 17.7 Å². The summed E-state index contributed by atoms with van der Waals surface area (Å²) in [5, 5.41) is 7.90. The fourth-order valence-electron chi connectivity index (χ4n) is 3.59. The molecule has 0 spiro atoms. The molecule has 2 fully saturated rings. The van der Waals surface area contributed by atoms with Crippen molar-refractivity contribution in [3.63, 3.8) is 0 Å². The van der Waals surface area contributed by atoms with Gasteiger partial charge >= 0.3 is 6.18 Å². The number of aromatic nitrogens is 2. The third kappa shape index (κ3) is 3.55. The second-order valence-electron chi connectivity index (χ2n) is 6.69. The fourth-order valence-corrected chi connectivity index (χ4v) is 3.59. The number of hydrogen-bond acceptors (Lipinski definition) is 5. The van der Waals surface area contributed by atoms with Crippen molar-refractivity contribution in [1.29, 1.82) is 0 Å². The SMILES string of the molecule is Cc1nnc([C@H]2CCCN(C(=O)C3CN(CC(F)(F)F)C3)[C@H]2C)o1. The van der Waals surface area contributed by atoms with E-state index >= 15 is 0 Å². The van der Waals surface area contributed by atoms with Crippen LogP contribution in [0.3, 0.4) is 0 Å². The van der Waals surface area contributed by atoms with E-state index in [0.717, 1.165) is 12.8 Å². The maximum absolute atomic E-state index is 12.6. The van der Waals surface area contributed by atoms with E-state index in [1.54, 1.807) is 11.8 Å². The Labute approximate surface area is 138 Å². The van der Waals surface area contributed by atoms with Gasteiger partial charge in [-0.1, -0.05) is 0 Å². The first-order valence-corrected chi connectivity index (χ1v) is 8.14. The summed E-state index contributed by atoms with van der Waals surface area (Å²) >= 11 is 0. The fraction of sp³-hybridized carbons (Fsp3) is 0.800. The Hall–Kier alpha value is -1.64. The van der Waals surface area contributed by atoms with Crippen molar-refractivity contribution >= 4 is 5.91 Å². The van der Waals surface area contributed by atoms with Crippen LogP contribution in [-0.2, 0) is 4.79 Å². The van der Waals surface area contributed by atoms with E-state index in [1.165, 1.54) is 4.90 Å². The number of nitrogens with zero attached hydrogens (tertiary/aromatic N) is 4. The molecule has 2 aliphatic heterocycles. The molecule has 0 saturated carbocycles. The number of carbonyl (C=O) groups excluding carboxylic acids is 1. The summed E-state index contributed by atoms with van der Waals surface area (Å²) in [5.74, 6) is 0.585. The summed E-state index contributed by atoms with van der Waals surface area (Å²) in [6, 6.07) is -0.0947. The minimum Gasteiger partial charge on any atom is -0.425 e. The molecule has 2 saturated heterocycles. The average molecular weight is 346 g/mol. The van der Waals surface area contributed by atoms with E-state index in [1.807, 2.05) is 6.92 Å². The Kier molecular flexibility index (Phi) is 4.54. The lowest BCUT2D eigenvalue weighted by Gasteiger charge is -2.44. The van der Waals surface area contributed by atoms with Crippen molar-refractivity contribution in [3.05, 3.63) is 11.8 Å². The van der Waals surface area contributed by atoms with Crippen molar-refractivity contribution in [3.8, 4) is 0 Å². The third-order valence-corrected chi connectivity index (χ3v) is 4.84. The molecular formula is C15H21F3N4O2. The van der Waals surface area contributed by atoms with E-state index in [9.17, 15) is 18.0 Å². The number of piperidine rings is 1. The highest BCUT2D eigenvalue weighted by molar-refractivity contribution is 5.80. The first kappa shape index (κ1) is 17.2. The Morgan fingerprint density at radius 2 is 2.04 bits per heavy atom. The van der Waals surface area contributed by atoms with E-state index in [2.05, 4.69) is 10.2 Å². The highest BCUT2D eigenvalue weighted by Crippen LogP contribution is 2.34. The molecule has 6 nitrogen and oxygen atoms in total. The standard InChI is InChI=1S/C15H21F3N4O2/c1-9-12(13-20-19-10(2)24-13)4-3-5-22(9)14(23)11-6-21(7-11)8-15(16,17)18/h9,11-12H,3-8H2,1-2H3/t9-,12-/m0/s1. The lowest BCUT2D eigenvalue weighted by molar-refractivity contribution is -0.168. The third-order valence-electron chi connectivity index (χ3n) is 4.84. The maximum Gasteiger partial charge on any atom is 0.401 e. The Morgan fingerprint density at radius 3 is 2.62 bits per heavy atom. The quantitative estimate of drug-likeness (QED) is 0.837. The second-order valence-corrected chi connectivity index (χ2v) is 6.69. The van der Waals surface area contributed by atoms with Gasteiger partial charge in [0, 0.05) is 32.6 Å². The molecule has 2 atom stereocenters. The van der Waals surface area contributed by atoms with Gasteiger partial charge < -0.3 is 9.32 Å². The molecule has 3 rings (SSSR count). The summed E-state index contributed by atoms with van der Waals surface area (Å²) < 4.78 is 42.6. The molecule has 3 heterocycles. The predicted octanol–water partition coefficient (Wildman–Crippen LogP) is 1.97. The van der Waals surface area contributed by atoms with Crippen LogP contribution in [0.1, 0.15) is 37.5 Å². The zero-order valence-corrected chi connectivity index (χ0v) is 13.7. The molecule has 0 unspecified atom stereocenters. The molecule has 1 aromatic rings. The molecule has 134 valence electrons. The Morgan fingerprint density at radius 1 is 1.33 bits per heavy atom. The number of alkyl halides is 3. The number of likely N-dealkylation sites (tertiary alicyclic amines) is 2. The maximum atomic E-state index is 12.6. The van der Waals surface area contributed by atoms with E-state index in [0.29, 0.717) is 18.3 Å². The molecule has 24 heavy (non-hydrogen) atoms. The van der Waals surface area contributed by atoms with Crippen LogP contribution in [0.25, 0.3) is 0 Å². The average Bonchev–Trinajstić information content (AvgIpc) is 2.87. The van der Waals surface area contributed by atoms with Crippen LogP contribution >= 0.6 is 0 Å². The molecule has 9 heteroatoms. The molecule has 2 aliphatic rings. The van der Waals surface area contributed by atoms with E-state index < -0.39 is 12.7 Å². The minimum absolute atomic E-state index is 0.0183. The lowest BCUT2D eigenvalue weighted by Crippen LogP contribution is -2.59. The van der Waals surface area contributed by atoms with Gasteiger partial charge in [0.05, 0.1) is 18.4 Å². The zero-order valence-electron chi connectivity index (χ0n) is 13.7. The molecule has 0 radical (unpaired) electrons. The van der Waals surface area contributed by atoms with Crippen LogP contribution < -0.4 is 0 Å². The smallest absolute Gasteiger partial charge is 0.401 e. The van der Waals surface area contributed by atoms with Crippen molar-refractivity contribution in [2.45, 2.75) is 44.8 Å². The Bertz CT molecular complexity index is 598. The van der Waals surface area contributed by atoms with Crippen molar-refractivity contribution < 1.29 is 22.4 Å². The van der Waals surface area contributed by atoms with Crippen LogP contribution in [0, 0.1) is 12.8 Å². The first-order chi connectivity index (χ1) is 11.2. The van der Waals surface area contributed by atoms with Gasteiger partial charge in [-0.3, -0.25) is 9.69 Å². The number of carbonyl (C=O) groups is 1. The number of hydrogen-bond donors (Lipinski definition) is 0. The van der Waals surface area contributed by atoms with E-state index in [4.69, 9.17) is 4.42 Å². The van der Waals surface area contributed by atoms with Crippen molar-refractivity contribution in [2.24, 2.45) is 5.92 Å². The topological polar surface area (TPSA) is 62.5 Å². The largest absolute Gasteiger partial charge is 0.425 e. The Balaban J connectivity index is 1.59. The van der Waals surface area contributed by atoms with Gasteiger partial charge in [-0.25, -0.2) is 0 Å². The summed E-state index contributed by atoms with van der Waals surface area (Å²) in [5.41, 5.74) is 0. The van der Waals surface area contributed by atoms with Gasteiger partial charge in [-0.05, 0) is 19.8 Å². The molecular weight excluding hydrogens is 325 g/mol. The van der Waals surface area contributed by atoms with Crippen LogP contribution in [-0.4, -0.2) is 64.3 Å². The zero-order chi connectivity index (χ0) is 17.5.